The van der Waals surface area contributed by atoms with Crippen molar-refractivity contribution in [3.8, 4) is 5.75 Å². The largest absolute Gasteiger partial charge is 0.497 e. The number of likely N-dealkylation sites (N-methyl/N-ethyl adjacent to an activating group) is 1. The van der Waals surface area contributed by atoms with E-state index in [4.69, 9.17) is 5.11 Å². The molecule has 0 heterocycles. The molecule has 2 aromatic carbocycles. The smallest absolute Gasteiger partial charge is 0.324 e. The molecule has 0 aliphatic rings. The second-order valence-corrected chi connectivity index (χ2v) is 6.45. The van der Waals surface area contributed by atoms with Gasteiger partial charge >= 0.3 is 11.4 Å². The standard InChI is InChI=1S/C12H19NO.C6H3N3O7/c1-4-12(2,14)11(13-3)10-8-6-5-7-9-10;10-6-4(8(13)14)1-3(7(11)12)2-5(6)9(15)16/h5-9,11,13-14H,4H2,1-3H3;1-2,10H. The summed E-state index contributed by atoms with van der Waals surface area (Å²) < 4.78 is 0. The summed E-state index contributed by atoms with van der Waals surface area (Å²) in [6.07, 6.45) is 0.730. The van der Waals surface area contributed by atoms with Crippen LogP contribution >= 0.6 is 0 Å². The Bertz CT molecular complexity index is 883. The lowest BCUT2D eigenvalue weighted by Crippen LogP contribution is -2.39. The average molecular weight is 422 g/mol. The van der Waals surface area contributed by atoms with Crippen LogP contribution in [0, 0.1) is 30.3 Å². The van der Waals surface area contributed by atoms with Gasteiger partial charge in [0.25, 0.3) is 11.4 Å². The number of phenolic OH excluding ortho intramolecular Hbond substituents is 1. The number of nitro groups is 3. The van der Waals surface area contributed by atoms with E-state index < -0.39 is 43.2 Å². The van der Waals surface area contributed by atoms with Crippen LogP contribution in [0.25, 0.3) is 0 Å². The lowest BCUT2D eigenvalue weighted by molar-refractivity contribution is -0.404. The number of nitro benzene ring substituents is 3. The summed E-state index contributed by atoms with van der Waals surface area (Å²) in [7, 11) is 1.88. The number of non-ortho nitro benzene ring substituents is 1. The van der Waals surface area contributed by atoms with E-state index in [1.807, 2.05) is 51.2 Å². The zero-order valence-corrected chi connectivity index (χ0v) is 16.5. The summed E-state index contributed by atoms with van der Waals surface area (Å²) in [5.74, 6) is -1.21. The first-order valence-corrected chi connectivity index (χ1v) is 8.71. The predicted molar refractivity (Wildman–Crippen MR) is 107 cm³/mol. The van der Waals surface area contributed by atoms with E-state index in [-0.39, 0.29) is 6.04 Å². The number of aliphatic hydroxyl groups is 1. The summed E-state index contributed by atoms with van der Waals surface area (Å²) >= 11 is 0. The van der Waals surface area contributed by atoms with E-state index >= 15 is 0 Å². The predicted octanol–water partition coefficient (Wildman–Crippen LogP) is 3.22. The van der Waals surface area contributed by atoms with Crippen LogP contribution in [-0.2, 0) is 0 Å². The Hall–Kier alpha value is -3.64. The molecule has 0 aromatic heterocycles. The Labute approximate surface area is 171 Å². The van der Waals surface area contributed by atoms with E-state index in [1.54, 1.807) is 0 Å². The number of hydrogen-bond donors (Lipinski definition) is 3. The number of rotatable bonds is 7. The van der Waals surface area contributed by atoms with Crippen molar-refractivity contribution in [3.05, 3.63) is 78.4 Å². The molecular weight excluding hydrogens is 400 g/mol. The fourth-order valence-electron chi connectivity index (χ4n) is 2.66. The molecule has 3 N–H and O–H groups in total. The molecule has 0 spiro atoms. The maximum absolute atomic E-state index is 10.4. The first-order valence-electron chi connectivity index (χ1n) is 8.71. The highest BCUT2D eigenvalue weighted by molar-refractivity contribution is 5.64. The van der Waals surface area contributed by atoms with Gasteiger partial charge in [-0.1, -0.05) is 37.3 Å². The molecule has 2 aromatic rings. The van der Waals surface area contributed by atoms with Gasteiger partial charge in [0.05, 0.1) is 38.5 Å². The zero-order chi connectivity index (χ0) is 23.1. The third-order valence-electron chi connectivity index (χ3n) is 4.42. The third kappa shape index (κ3) is 5.93. The van der Waals surface area contributed by atoms with Crippen LogP contribution in [0.2, 0.25) is 0 Å². The minimum atomic E-state index is -1.21. The molecule has 0 amide bonds. The van der Waals surface area contributed by atoms with Crippen molar-refractivity contribution >= 4 is 17.1 Å². The Morgan fingerprint density at radius 2 is 1.47 bits per heavy atom. The molecule has 0 aliphatic heterocycles. The summed E-state index contributed by atoms with van der Waals surface area (Å²) in [6, 6.07) is 10.9. The van der Waals surface area contributed by atoms with Crippen LogP contribution in [-0.4, -0.2) is 37.6 Å². The highest BCUT2D eigenvalue weighted by Gasteiger charge is 2.30. The maximum atomic E-state index is 10.4. The minimum Gasteiger partial charge on any atom is -0.497 e. The van der Waals surface area contributed by atoms with Gasteiger partial charge in [0, 0.05) is 0 Å². The summed E-state index contributed by atoms with van der Waals surface area (Å²) in [6.45, 7) is 3.86. The molecule has 0 saturated heterocycles. The van der Waals surface area contributed by atoms with Gasteiger partial charge in [-0.25, -0.2) is 0 Å². The van der Waals surface area contributed by atoms with Gasteiger partial charge in [0.2, 0.25) is 0 Å². The van der Waals surface area contributed by atoms with Gasteiger partial charge in [-0.15, -0.1) is 0 Å². The number of nitrogens with zero attached hydrogens (tertiary/aromatic N) is 3. The summed E-state index contributed by atoms with van der Waals surface area (Å²) in [5.41, 5.74) is -2.57. The van der Waals surface area contributed by atoms with Crippen LogP contribution in [0.1, 0.15) is 31.9 Å². The van der Waals surface area contributed by atoms with Crippen molar-refractivity contribution in [2.45, 2.75) is 31.9 Å². The third-order valence-corrected chi connectivity index (χ3v) is 4.42. The molecule has 0 radical (unpaired) electrons. The second-order valence-electron chi connectivity index (χ2n) is 6.45. The Kier molecular flexibility index (Phi) is 8.32. The van der Waals surface area contributed by atoms with Crippen molar-refractivity contribution in [3.63, 3.8) is 0 Å². The monoisotopic (exact) mass is 422 g/mol. The van der Waals surface area contributed by atoms with E-state index in [1.165, 1.54) is 0 Å². The van der Waals surface area contributed by atoms with Crippen LogP contribution < -0.4 is 5.32 Å². The van der Waals surface area contributed by atoms with Crippen molar-refractivity contribution in [2.75, 3.05) is 7.05 Å². The quantitative estimate of drug-likeness (QED) is 0.445. The first kappa shape index (κ1) is 24.4. The topological polar surface area (TPSA) is 182 Å². The summed E-state index contributed by atoms with van der Waals surface area (Å²) in [5, 5.41) is 53.5. The van der Waals surface area contributed by atoms with Crippen molar-refractivity contribution in [2.24, 2.45) is 0 Å². The van der Waals surface area contributed by atoms with Gasteiger partial charge in [0.1, 0.15) is 0 Å². The number of nitrogens with one attached hydrogen (secondary N) is 1. The van der Waals surface area contributed by atoms with Gasteiger partial charge < -0.3 is 15.5 Å². The SMILES string of the molecule is CCC(C)(O)C(NC)c1ccccc1.O=[N+]([O-])c1cc([N+](=O)[O-])c(O)c([N+](=O)[O-])c1. The lowest BCUT2D eigenvalue weighted by atomic mass is 9.88. The van der Waals surface area contributed by atoms with Crippen LogP contribution in [0.5, 0.6) is 5.75 Å². The molecule has 0 saturated carbocycles. The fourth-order valence-corrected chi connectivity index (χ4v) is 2.66. The molecule has 162 valence electrons. The number of phenols is 1. The molecule has 30 heavy (non-hydrogen) atoms. The van der Waals surface area contributed by atoms with Crippen LogP contribution in [0.3, 0.4) is 0 Å². The van der Waals surface area contributed by atoms with Crippen LogP contribution in [0.4, 0.5) is 17.1 Å². The molecule has 12 heteroatoms. The van der Waals surface area contributed by atoms with E-state index in [0.717, 1.165) is 12.0 Å². The molecule has 2 unspecified atom stereocenters. The van der Waals surface area contributed by atoms with E-state index in [0.29, 0.717) is 12.1 Å². The fraction of sp³-hybridized carbons (Fsp3) is 0.333. The molecule has 12 nitrogen and oxygen atoms in total. The van der Waals surface area contributed by atoms with Gasteiger partial charge in [-0.2, -0.15) is 0 Å². The second kappa shape index (κ2) is 10.2. The molecule has 0 bridgehead atoms. The number of hydrogen-bond acceptors (Lipinski definition) is 9. The van der Waals surface area contributed by atoms with Crippen molar-refractivity contribution < 1.29 is 25.0 Å². The first-order chi connectivity index (χ1) is 14.0. The molecule has 2 atom stereocenters. The van der Waals surface area contributed by atoms with Crippen molar-refractivity contribution in [1.82, 2.24) is 5.32 Å². The Balaban J connectivity index is 0.000000303. The van der Waals surface area contributed by atoms with Crippen molar-refractivity contribution in [1.29, 1.82) is 0 Å². The summed E-state index contributed by atoms with van der Waals surface area (Å²) in [4.78, 5) is 27.8. The number of benzene rings is 2. The van der Waals surface area contributed by atoms with Gasteiger partial charge in [-0.05, 0) is 26.0 Å². The Morgan fingerprint density at radius 3 is 1.80 bits per heavy atom. The molecule has 0 aliphatic carbocycles. The average Bonchev–Trinajstić information content (AvgIpc) is 2.69. The van der Waals surface area contributed by atoms with Gasteiger partial charge in [0.15, 0.2) is 0 Å². The Morgan fingerprint density at radius 1 is 1.00 bits per heavy atom. The maximum Gasteiger partial charge on any atom is 0.324 e. The normalized spacial score (nSPS) is 13.3. The molecule has 0 fully saturated rings. The zero-order valence-electron chi connectivity index (χ0n) is 16.5. The van der Waals surface area contributed by atoms with Crippen LogP contribution in [0.15, 0.2) is 42.5 Å². The highest BCUT2D eigenvalue weighted by Crippen LogP contribution is 2.39. The lowest BCUT2D eigenvalue weighted by Gasteiger charge is -2.32. The molecule has 2 rings (SSSR count). The number of aromatic hydroxyl groups is 1. The minimum absolute atomic E-state index is 0.00583. The highest BCUT2D eigenvalue weighted by atomic mass is 16.6. The van der Waals surface area contributed by atoms with E-state index in [2.05, 4.69) is 5.32 Å². The molecular formula is C18H22N4O8. The van der Waals surface area contributed by atoms with E-state index in [9.17, 15) is 35.4 Å². The van der Waals surface area contributed by atoms with Gasteiger partial charge in [-0.3, -0.25) is 30.3 Å².